The van der Waals surface area contributed by atoms with Crippen LogP contribution in [0.3, 0.4) is 0 Å². The first-order valence-electron chi connectivity index (χ1n) is 5.17. The molecule has 0 atom stereocenters. The van der Waals surface area contributed by atoms with Gasteiger partial charge in [-0.1, -0.05) is 19.8 Å². The summed E-state index contributed by atoms with van der Waals surface area (Å²) in [6, 6.07) is 0. The van der Waals surface area contributed by atoms with E-state index in [0.29, 0.717) is 0 Å². The molecule has 2 N–H and O–H groups in total. The Kier molecular flexibility index (Phi) is 10.3. The van der Waals surface area contributed by atoms with Gasteiger partial charge in [0.05, 0.1) is 0 Å². The molecule has 0 radical (unpaired) electrons. The minimum atomic E-state index is -0.204. The Morgan fingerprint density at radius 1 is 1.21 bits per heavy atom. The zero-order valence-corrected chi connectivity index (χ0v) is 10.5. The van der Waals surface area contributed by atoms with Crippen LogP contribution in [0, 0.1) is 0 Å². The first-order valence-corrected chi connectivity index (χ1v) is 6.04. The summed E-state index contributed by atoms with van der Waals surface area (Å²) in [6.07, 6.45) is 4.30. The van der Waals surface area contributed by atoms with Crippen molar-refractivity contribution >= 4 is 23.2 Å². The Bertz CT molecular complexity index is 123. The Morgan fingerprint density at radius 3 is 2.43 bits per heavy atom. The van der Waals surface area contributed by atoms with Crippen LogP contribution in [0.4, 0.5) is 0 Å². The molecular weight excluding hydrogens is 221 g/mol. The Labute approximate surface area is 97.1 Å². The van der Waals surface area contributed by atoms with E-state index in [0.717, 1.165) is 32.4 Å². The highest BCUT2D eigenvalue weighted by molar-refractivity contribution is 6.44. The van der Waals surface area contributed by atoms with Gasteiger partial charge in [-0.2, -0.15) is 5.12 Å². The van der Waals surface area contributed by atoms with E-state index < -0.39 is 0 Å². The molecule has 0 amide bonds. The number of nitrogens with one attached hydrogen (secondary N) is 2. The van der Waals surface area contributed by atoms with Crippen molar-refractivity contribution in [1.82, 2.24) is 16.0 Å². The lowest BCUT2D eigenvalue weighted by Crippen LogP contribution is -2.46. The number of hydrogen-bond acceptors (Lipinski definition) is 3. The van der Waals surface area contributed by atoms with Gasteiger partial charge in [0.25, 0.3) is 0 Å². The van der Waals surface area contributed by atoms with Crippen molar-refractivity contribution in [2.75, 3.05) is 20.1 Å². The quantitative estimate of drug-likeness (QED) is 0.369. The molecule has 14 heavy (non-hydrogen) atoms. The van der Waals surface area contributed by atoms with Crippen molar-refractivity contribution in [3.63, 3.8) is 0 Å². The molecule has 0 unspecified atom stereocenters. The molecule has 0 spiro atoms. The molecule has 0 bridgehead atoms. The molecule has 0 fully saturated rings. The lowest BCUT2D eigenvalue weighted by Gasteiger charge is -2.20. The first-order chi connectivity index (χ1) is 6.70. The predicted molar refractivity (Wildman–Crippen MR) is 63.4 cm³/mol. The van der Waals surface area contributed by atoms with Crippen LogP contribution in [0.2, 0.25) is 0 Å². The van der Waals surface area contributed by atoms with E-state index in [4.69, 9.17) is 23.2 Å². The highest BCUT2D eigenvalue weighted by atomic mass is 35.5. The smallest absolute Gasteiger partial charge is 0.107 e. The summed E-state index contributed by atoms with van der Waals surface area (Å²) in [5.41, 5.74) is 6.27. The van der Waals surface area contributed by atoms with Gasteiger partial charge in [-0.3, -0.25) is 0 Å². The van der Waals surface area contributed by atoms with Gasteiger partial charge in [0, 0.05) is 20.1 Å². The fourth-order valence-corrected chi connectivity index (χ4v) is 1.51. The predicted octanol–water partition coefficient (Wildman–Crippen LogP) is 2.31. The summed E-state index contributed by atoms with van der Waals surface area (Å²) in [5, 5.41) is 2.00. The van der Waals surface area contributed by atoms with Crippen molar-refractivity contribution in [2.24, 2.45) is 0 Å². The average molecular weight is 242 g/mol. The third-order valence-electron chi connectivity index (χ3n) is 1.92. The summed E-state index contributed by atoms with van der Waals surface area (Å²) in [6.45, 7) is 4.02. The molecule has 0 aromatic heterocycles. The van der Waals surface area contributed by atoms with E-state index in [1.54, 1.807) is 0 Å². The van der Waals surface area contributed by atoms with Crippen molar-refractivity contribution in [1.29, 1.82) is 0 Å². The summed E-state index contributed by atoms with van der Waals surface area (Å²) in [4.78, 5) is -0.204. The second-order valence-corrected chi connectivity index (χ2v) is 4.40. The average Bonchev–Trinajstić information content (AvgIpc) is 2.15. The zero-order chi connectivity index (χ0) is 10.8. The molecular formula is C9H21Cl2N3. The molecule has 0 aliphatic carbocycles. The monoisotopic (exact) mass is 241 g/mol. The number of rotatable bonds is 9. The van der Waals surface area contributed by atoms with Crippen molar-refractivity contribution < 1.29 is 0 Å². The first kappa shape index (κ1) is 14.5. The lowest BCUT2D eigenvalue weighted by atomic mass is 10.2. The molecule has 0 saturated heterocycles. The van der Waals surface area contributed by atoms with Crippen LogP contribution in [-0.4, -0.2) is 30.1 Å². The van der Waals surface area contributed by atoms with Gasteiger partial charge in [-0.15, -0.1) is 23.2 Å². The van der Waals surface area contributed by atoms with Crippen molar-refractivity contribution in [2.45, 2.75) is 37.4 Å². The molecule has 0 saturated carbocycles. The van der Waals surface area contributed by atoms with Crippen molar-refractivity contribution in [3.05, 3.63) is 0 Å². The van der Waals surface area contributed by atoms with Gasteiger partial charge in [0.15, 0.2) is 0 Å². The van der Waals surface area contributed by atoms with Crippen LogP contribution in [0.5, 0.6) is 0 Å². The number of nitrogens with zero attached hydrogens (tertiary/aromatic N) is 1. The maximum absolute atomic E-state index is 5.63. The molecule has 0 heterocycles. The van der Waals surface area contributed by atoms with Crippen LogP contribution in [0.25, 0.3) is 0 Å². The van der Waals surface area contributed by atoms with E-state index >= 15 is 0 Å². The fourth-order valence-electron chi connectivity index (χ4n) is 1.21. The zero-order valence-electron chi connectivity index (χ0n) is 9.02. The SMILES string of the molecule is CCNN(CCCCCC(Cl)Cl)NC. The third kappa shape index (κ3) is 9.03. The number of hydrogen-bond donors (Lipinski definition) is 2. The van der Waals surface area contributed by atoms with Gasteiger partial charge < -0.3 is 0 Å². The summed E-state index contributed by atoms with van der Waals surface area (Å²) < 4.78 is 0. The van der Waals surface area contributed by atoms with Crippen LogP contribution in [0.15, 0.2) is 0 Å². The minimum Gasteiger partial charge on any atom is -0.245 e. The Balaban J connectivity index is 3.24. The summed E-state index contributed by atoms with van der Waals surface area (Å²) in [5.74, 6) is 0. The van der Waals surface area contributed by atoms with E-state index in [9.17, 15) is 0 Å². The van der Waals surface area contributed by atoms with Crippen LogP contribution in [-0.2, 0) is 0 Å². The molecule has 3 nitrogen and oxygen atoms in total. The van der Waals surface area contributed by atoms with E-state index in [-0.39, 0.29) is 4.84 Å². The van der Waals surface area contributed by atoms with Gasteiger partial charge in [-0.25, -0.2) is 10.9 Å². The van der Waals surface area contributed by atoms with Crippen LogP contribution >= 0.6 is 23.2 Å². The molecule has 86 valence electrons. The fraction of sp³-hybridized carbons (Fsp3) is 1.00. The molecule has 0 aliphatic heterocycles. The maximum atomic E-state index is 5.63. The molecule has 0 rings (SSSR count). The number of hydrazine groups is 2. The number of halogens is 2. The van der Waals surface area contributed by atoms with Crippen LogP contribution in [0.1, 0.15) is 32.6 Å². The summed E-state index contributed by atoms with van der Waals surface area (Å²) >= 11 is 11.3. The number of alkyl halides is 2. The van der Waals surface area contributed by atoms with E-state index in [2.05, 4.69) is 17.8 Å². The second kappa shape index (κ2) is 9.99. The molecule has 0 aromatic carbocycles. The molecule has 5 heteroatoms. The second-order valence-electron chi connectivity index (χ2n) is 3.13. The van der Waals surface area contributed by atoms with Gasteiger partial charge in [0.2, 0.25) is 0 Å². The van der Waals surface area contributed by atoms with Crippen molar-refractivity contribution in [3.8, 4) is 0 Å². The highest BCUT2D eigenvalue weighted by Gasteiger charge is 2.00. The highest BCUT2D eigenvalue weighted by Crippen LogP contribution is 2.12. The Morgan fingerprint density at radius 2 is 1.93 bits per heavy atom. The van der Waals surface area contributed by atoms with Gasteiger partial charge in [0.1, 0.15) is 4.84 Å². The summed E-state index contributed by atoms with van der Waals surface area (Å²) in [7, 11) is 1.91. The third-order valence-corrected chi connectivity index (χ3v) is 2.36. The minimum absolute atomic E-state index is 0.204. The van der Waals surface area contributed by atoms with E-state index in [1.165, 1.54) is 6.42 Å². The molecule has 0 aromatic rings. The molecule has 0 aliphatic rings. The maximum Gasteiger partial charge on any atom is 0.107 e. The Hall–Kier alpha value is 0.460. The lowest BCUT2D eigenvalue weighted by molar-refractivity contribution is 0.129. The number of unbranched alkanes of at least 4 members (excludes halogenated alkanes) is 2. The van der Waals surface area contributed by atoms with Gasteiger partial charge >= 0.3 is 0 Å². The van der Waals surface area contributed by atoms with E-state index in [1.807, 2.05) is 12.2 Å². The van der Waals surface area contributed by atoms with Gasteiger partial charge in [-0.05, 0) is 12.8 Å². The normalized spacial score (nSPS) is 11.6. The van der Waals surface area contributed by atoms with Crippen LogP contribution < -0.4 is 10.9 Å². The topological polar surface area (TPSA) is 27.3 Å². The largest absolute Gasteiger partial charge is 0.245 e. The standard InChI is InChI=1S/C9H21Cl2N3/c1-3-13-14(12-2)8-6-4-5-7-9(10)11/h9,12-13H,3-8H2,1-2H3.